The highest BCUT2D eigenvalue weighted by Gasteiger charge is 2.59. The summed E-state index contributed by atoms with van der Waals surface area (Å²) < 4.78 is 5.99. The molecule has 0 amide bonds. The Morgan fingerprint density at radius 3 is 2.50 bits per heavy atom. The van der Waals surface area contributed by atoms with Gasteiger partial charge in [-0.2, -0.15) is 0 Å². The van der Waals surface area contributed by atoms with E-state index in [0.717, 1.165) is 17.8 Å². The molecule has 3 aliphatic rings. The molecule has 1 heteroatoms. The van der Waals surface area contributed by atoms with E-state index in [1.807, 2.05) is 7.11 Å². The van der Waals surface area contributed by atoms with Crippen molar-refractivity contribution in [3.8, 4) is 0 Å². The summed E-state index contributed by atoms with van der Waals surface area (Å²) in [6, 6.07) is 0. The highest BCUT2D eigenvalue weighted by atomic mass is 16.5. The number of methoxy groups -OCH3 is 1. The summed E-state index contributed by atoms with van der Waals surface area (Å²) in [7, 11) is 1.90. The molecule has 0 heterocycles. The Morgan fingerprint density at radius 1 is 1.18 bits per heavy atom. The first-order valence-corrected chi connectivity index (χ1v) is 9.18. The maximum Gasteiger partial charge on any atom is 0.0810 e. The van der Waals surface area contributed by atoms with Crippen LogP contribution >= 0.6 is 0 Å². The lowest BCUT2D eigenvalue weighted by Crippen LogP contribution is -2.52. The lowest BCUT2D eigenvalue weighted by atomic mass is 9.49. The summed E-state index contributed by atoms with van der Waals surface area (Å²) in [6.07, 6.45) is 10.7. The molecule has 3 rings (SSSR count). The molecule has 0 aromatic rings. The zero-order valence-corrected chi connectivity index (χ0v) is 15.2. The molecule has 1 nitrogen and oxygen atoms in total. The molecule has 0 radical (unpaired) electrons. The molecule has 6 unspecified atom stereocenters. The average Bonchev–Trinajstić information content (AvgIpc) is 2.74. The quantitative estimate of drug-likeness (QED) is 0.589. The van der Waals surface area contributed by atoms with Gasteiger partial charge < -0.3 is 4.74 Å². The van der Waals surface area contributed by atoms with Crippen LogP contribution in [-0.4, -0.2) is 13.2 Å². The topological polar surface area (TPSA) is 9.23 Å². The molecule has 0 aliphatic heterocycles. The Bertz CT molecular complexity index is 490. The normalized spacial score (nSPS) is 48.1. The summed E-state index contributed by atoms with van der Waals surface area (Å²) in [5, 5.41) is 0. The van der Waals surface area contributed by atoms with Crippen molar-refractivity contribution in [2.75, 3.05) is 7.11 Å². The smallest absolute Gasteiger partial charge is 0.0810 e. The van der Waals surface area contributed by atoms with Gasteiger partial charge in [-0.1, -0.05) is 37.6 Å². The van der Waals surface area contributed by atoms with Crippen LogP contribution in [-0.2, 0) is 4.74 Å². The monoisotopic (exact) mass is 302 g/mol. The molecule has 124 valence electrons. The van der Waals surface area contributed by atoms with E-state index in [9.17, 15) is 0 Å². The minimum Gasteiger partial charge on any atom is -0.377 e. The van der Waals surface area contributed by atoms with Gasteiger partial charge in [-0.3, -0.25) is 0 Å². The second-order valence-electron chi connectivity index (χ2n) is 8.91. The van der Waals surface area contributed by atoms with Gasteiger partial charge in [0, 0.05) is 12.5 Å². The van der Waals surface area contributed by atoms with Gasteiger partial charge in [0.25, 0.3) is 0 Å². The minimum atomic E-state index is 0.293. The van der Waals surface area contributed by atoms with Crippen LogP contribution in [0.15, 0.2) is 23.8 Å². The zero-order valence-electron chi connectivity index (χ0n) is 15.2. The summed E-state index contributed by atoms with van der Waals surface area (Å²) in [6.45, 7) is 14.0. The van der Waals surface area contributed by atoms with E-state index in [-0.39, 0.29) is 0 Å². The van der Waals surface area contributed by atoms with Crippen LogP contribution in [0.1, 0.15) is 66.2 Å². The summed E-state index contributed by atoms with van der Waals surface area (Å²) in [5.41, 5.74) is 3.73. The fourth-order valence-corrected chi connectivity index (χ4v) is 6.50. The molecule has 3 aliphatic carbocycles. The van der Waals surface area contributed by atoms with E-state index in [1.165, 1.54) is 49.7 Å². The number of hydrogen-bond donors (Lipinski definition) is 0. The third kappa shape index (κ3) is 2.23. The van der Waals surface area contributed by atoms with Crippen molar-refractivity contribution in [2.45, 2.75) is 72.3 Å². The fourth-order valence-electron chi connectivity index (χ4n) is 6.50. The lowest BCUT2D eigenvalue weighted by molar-refractivity contribution is -0.108. The third-order valence-electron chi connectivity index (χ3n) is 7.71. The molecular weight excluding hydrogens is 268 g/mol. The second kappa shape index (κ2) is 5.51. The van der Waals surface area contributed by atoms with Crippen molar-refractivity contribution >= 4 is 0 Å². The molecule has 22 heavy (non-hydrogen) atoms. The molecule has 0 aromatic heterocycles. The molecule has 0 N–H and O–H groups in total. The van der Waals surface area contributed by atoms with Gasteiger partial charge in [-0.05, 0) is 75.5 Å². The first-order chi connectivity index (χ1) is 10.3. The molecule has 0 bridgehead atoms. The van der Waals surface area contributed by atoms with Crippen LogP contribution in [0, 0.1) is 28.6 Å². The van der Waals surface area contributed by atoms with Crippen molar-refractivity contribution < 1.29 is 4.74 Å². The van der Waals surface area contributed by atoms with Crippen molar-refractivity contribution in [3.63, 3.8) is 0 Å². The van der Waals surface area contributed by atoms with E-state index in [0.29, 0.717) is 16.9 Å². The second-order valence-corrected chi connectivity index (χ2v) is 8.91. The molecular formula is C21H34O. The van der Waals surface area contributed by atoms with Gasteiger partial charge in [-0.15, -0.1) is 0 Å². The van der Waals surface area contributed by atoms with E-state index < -0.39 is 0 Å². The molecule has 2 saturated carbocycles. The summed E-state index contributed by atoms with van der Waals surface area (Å²) >= 11 is 0. The van der Waals surface area contributed by atoms with Crippen LogP contribution in [0.2, 0.25) is 0 Å². The van der Waals surface area contributed by atoms with Gasteiger partial charge in [-0.25, -0.2) is 0 Å². The lowest BCUT2D eigenvalue weighted by Gasteiger charge is -2.56. The van der Waals surface area contributed by atoms with Crippen LogP contribution < -0.4 is 0 Å². The van der Waals surface area contributed by atoms with Gasteiger partial charge in [0.1, 0.15) is 0 Å². The van der Waals surface area contributed by atoms with Crippen molar-refractivity contribution in [2.24, 2.45) is 28.6 Å². The van der Waals surface area contributed by atoms with E-state index in [1.54, 1.807) is 0 Å². The minimum absolute atomic E-state index is 0.293. The highest BCUT2D eigenvalue weighted by molar-refractivity contribution is 5.19. The van der Waals surface area contributed by atoms with Gasteiger partial charge >= 0.3 is 0 Å². The largest absolute Gasteiger partial charge is 0.377 e. The predicted octanol–water partition coefficient (Wildman–Crippen LogP) is 5.77. The third-order valence-corrected chi connectivity index (χ3v) is 7.71. The Kier molecular flexibility index (Phi) is 4.08. The standard InChI is InChI=1S/C21H34O/c1-14(2)16-9-11-20(4)17(16)10-12-21(5)18(20)8-7-15(3)13-19(21)22-6/h13,16-19H,1,7-12H2,2-6H3. The molecule has 6 atom stereocenters. The Labute approximate surface area is 137 Å². The average molecular weight is 303 g/mol. The maximum absolute atomic E-state index is 5.99. The maximum atomic E-state index is 5.99. The first kappa shape index (κ1) is 16.3. The Morgan fingerprint density at radius 2 is 1.86 bits per heavy atom. The van der Waals surface area contributed by atoms with Crippen LogP contribution in [0.25, 0.3) is 0 Å². The van der Waals surface area contributed by atoms with Gasteiger partial charge in [0.2, 0.25) is 0 Å². The summed E-state index contributed by atoms with van der Waals surface area (Å²) in [4.78, 5) is 0. The van der Waals surface area contributed by atoms with Crippen LogP contribution in [0.3, 0.4) is 0 Å². The molecule has 2 fully saturated rings. The number of rotatable bonds is 2. The fraction of sp³-hybridized carbons (Fsp3) is 0.810. The van der Waals surface area contributed by atoms with Gasteiger partial charge in [0.05, 0.1) is 6.10 Å². The molecule has 0 aromatic carbocycles. The number of ether oxygens (including phenoxy) is 1. The first-order valence-electron chi connectivity index (χ1n) is 9.18. The molecule has 0 saturated heterocycles. The number of hydrogen-bond acceptors (Lipinski definition) is 1. The Balaban J connectivity index is 1.98. The van der Waals surface area contributed by atoms with Gasteiger partial charge in [0.15, 0.2) is 0 Å². The predicted molar refractivity (Wildman–Crippen MR) is 93.8 cm³/mol. The summed E-state index contributed by atoms with van der Waals surface area (Å²) in [5.74, 6) is 2.38. The van der Waals surface area contributed by atoms with E-state index in [4.69, 9.17) is 4.74 Å². The number of allylic oxidation sites excluding steroid dienone is 2. The van der Waals surface area contributed by atoms with Crippen LogP contribution in [0.4, 0.5) is 0 Å². The van der Waals surface area contributed by atoms with Crippen molar-refractivity contribution in [1.29, 1.82) is 0 Å². The Hall–Kier alpha value is -0.560. The highest BCUT2D eigenvalue weighted by Crippen LogP contribution is 2.66. The zero-order chi connectivity index (χ0) is 16.1. The van der Waals surface area contributed by atoms with E-state index in [2.05, 4.69) is 40.3 Å². The van der Waals surface area contributed by atoms with Crippen molar-refractivity contribution in [1.82, 2.24) is 0 Å². The SMILES string of the molecule is C=C(C)C1CCC2(C)C1CCC1(C)C(OC)C=C(C)CCC12. The van der Waals surface area contributed by atoms with Crippen LogP contribution in [0.5, 0.6) is 0 Å². The van der Waals surface area contributed by atoms with E-state index >= 15 is 0 Å². The molecule has 0 spiro atoms. The van der Waals surface area contributed by atoms with Crippen molar-refractivity contribution in [3.05, 3.63) is 23.8 Å². The number of fused-ring (bicyclic) bond motifs is 3.